The summed E-state index contributed by atoms with van der Waals surface area (Å²) in [7, 11) is 0. The van der Waals surface area contributed by atoms with E-state index in [2.05, 4.69) is 5.32 Å². The minimum atomic E-state index is -0.575. The number of benzene rings is 1. The number of hydrogen-bond donors (Lipinski definition) is 1. The van der Waals surface area contributed by atoms with Crippen molar-refractivity contribution in [3.63, 3.8) is 0 Å². The van der Waals surface area contributed by atoms with Crippen molar-refractivity contribution in [3.8, 4) is 0 Å². The predicted octanol–water partition coefficient (Wildman–Crippen LogP) is 3.00. The van der Waals surface area contributed by atoms with Crippen molar-refractivity contribution in [1.82, 2.24) is 10.2 Å². The van der Waals surface area contributed by atoms with Gasteiger partial charge in [-0.25, -0.2) is 4.79 Å². The smallest absolute Gasteiger partial charge is 0.407 e. The Morgan fingerprint density at radius 1 is 1.27 bits per heavy atom. The van der Waals surface area contributed by atoms with E-state index in [1.165, 1.54) is 0 Å². The Morgan fingerprint density at radius 2 is 1.96 bits per heavy atom. The summed E-state index contributed by atoms with van der Waals surface area (Å²) in [5.41, 5.74) is 2.01. The molecule has 142 valence electrons. The second-order valence-electron chi connectivity index (χ2n) is 7.75. The summed E-state index contributed by atoms with van der Waals surface area (Å²) in [5, 5.41) is 2.64. The molecule has 1 unspecified atom stereocenters. The lowest BCUT2D eigenvalue weighted by Gasteiger charge is -2.25. The van der Waals surface area contributed by atoms with Gasteiger partial charge in [0.05, 0.1) is 6.04 Å². The van der Waals surface area contributed by atoms with Gasteiger partial charge in [0.1, 0.15) is 5.60 Å². The first-order chi connectivity index (χ1) is 12.1. The van der Waals surface area contributed by atoms with Gasteiger partial charge in [-0.15, -0.1) is 0 Å². The standard InChI is InChI=1S/C20H28N2O4/c1-13-6-7-14(2)15(12-13)18(24)16-8-9-17(23)22(16)11-10-21-19(25)26-20(3,4)5/h6-7,12,16H,8-11H2,1-5H3,(H,21,25). The van der Waals surface area contributed by atoms with Gasteiger partial charge in [0.15, 0.2) is 5.78 Å². The Hall–Kier alpha value is -2.37. The SMILES string of the molecule is Cc1ccc(C)c(C(=O)C2CCC(=O)N2CCNC(=O)OC(C)(C)C)c1. The topological polar surface area (TPSA) is 75.7 Å². The largest absolute Gasteiger partial charge is 0.444 e. The summed E-state index contributed by atoms with van der Waals surface area (Å²) in [6.07, 6.45) is 0.340. The van der Waals surface area contributed by atoms with Crippen LogP contribution < -0.4 is 5.32 Å². The fourth-order valence-electron chi connectivity index (χ4n) is 3.06. The molecule has 26 heavy (non-hydrogen) atoms. The van der Waals surface area contributed by atoms with Gasteiger partial charge in [0.2, 0.25) is 5.91 Å². The summed E-state index contributed by atoms with van der Waals surface area (Å²) in [6.45, 7) is 9.74. The van der Waals surface area contributed by atoms with Gasteiger partial charge in [0.25, 0.3) is 0 Å². The van der Waals surface area contributed by atoms with Crippen molar-refractivity contribution >= 4 is 17.8 Å². The zero-order valence-electron chi connectivity index (χ0n) is 16.2. The maximum atomic E-state index is 13.0. The van der Waals surface area contributed by atoms with Gasteiger partial charge in [-0.3, -0.25) is 9.59 Å². The molecular formula is C20H28N2O4. The van der Waals surface area contributed by atoms with Crippen LogP contribution in [0, 0.1) is 13.8 Å². The lowest BCUT2D eigenvalue weighted by Crippen LogP contribution is -2.44. The van der Waals surface area contributed by atoms with Gasteiger partial charge < -0.3 is 15.0 Å². The van der Waals surface area contributed by atoms with Crippen LogP contribution in [0.25, 0.3) is 0 Å². The number of ketones is 1. The molecule has 0 bridgehead atoms. The maximum Gasteiger partial charge on any atom is 0.407 e. The molecule has 0 aliphatic carbocycles. The van der Waals surface area contributed by atoms with E-state index in [4.69, 9.17) is 4.74 Å². The Bertz CT molecular complexity index is 706. The molecule has 1 aliphatic rings. The Labute approximate surface area is 154 Å². The number of likely N-dealkylation sites (tertiary alicyclic amines) is 1. The summed E-state index contributed by atoms with van der Waals surface area (Å²) in [5.74, 6) is -0.0889. The highest BCUT2D eigenvalue weighted by atomic mass is 16.6. The van der Waals surface area contributed by atoms with Gasteiger partial charge in [-0.05, 0) is 52.7 Å². The molecule has 2 rings (SSSR count). The molecular weight excluding hydrogens is 332 g/mol. The number of aryl methyl sites for hydroxylation is 2. The lowest BCUT2D eigenvalue weighted by molar-refractivity contribution is -0.128. The molecule has 0 saturated carbocycles. The molecule has 1 aromatic carbocycles. The number of carbonyl (C=O) groups excluding carboxylic acids is 3. The van der Waals surface area contributed by atoms with Gasteiger partial charge in [-0.1, -0.05) is 17.7 Å². The molecule has 6 heteroatoms. The molecule has 0 spiro atoms. The van der Waals surface area contributed by atoms with Crippen molar-refractivity contribution < 1.29 is 19.1 Å². The number of ether oxygens (including phenoxy) is 1. The Balaban J connectivity index is 2.01. The maximum absolute atomic E-state index is 13.0. The van der Waals surface area contributed by atoms with Crippen LogP contribution in [0.1, 0.15) is 55.1 Å². The van der Waals surface area contributed by atoms with Crippen LogP contribution in [0.3, 0.4) is 0 Å². The van der Waals surface area contributed by atoms with Gasteiger partial charge >= 0.3 is 6.09 Å². The summed E-state index contributed by atoms with van der Waals surface area (Å²) < 4.78 is 5.18. The lowest BCUT2D eigenvalue weighted by atomic mass is 9.96. The quantitative estimate of drug-likeness (QED) is 0.819. The fourth-order valence-corrected chi connectivity index (χ4v) is 3.06. The van der Waals surface area contributed by atoms with Crippen molar-refractivity contribution in [1.29, 1.82) is 0 Å². The molecule has 1 fully saturated rings. The molecule has 1 heterocycles. The van der Waals surface area contributed by atoms with E-state index in [1.54, 1.807) is 25.7 Å². The Morgan fingerprint density at radius 3 is 2.62 bits per heavy atom. The predicted molar refractivity (Wildman–Crippen MR) is 99.2 cm³/mol. The average molecular weight is 360 g/mol. The van der Waals surface area contributed by atoms with Crippen LogP contribution >= 0.6 is 0 Å². The van der Waals surface area contributed by atoms with Crippen molar-refractivity contribution in [3.05, 3.63) is 34.9 Å². The molecule has 0 radical (unpaired) electrons. The minimum absolute atomic E-state index is 0.0330. The number of amides is 2. The number of hydrogen-bond acceptors (Lipinski definition) is 4. The molecule has 1 N–H and O–H groups in total. The van der Waals surface area contributed by atoms with E-state index in [0.717, 1.165) is 11.1 Å². The highest BCUT2D eigenvalue weighted by molar-refractivity contribution is 6.04. The van der Waals surface area contributed by atoms with Crippen LogP contribution in [0.2, 0.25) is 0 Å². The average Bonchev–Trinajstić information content (AvgIpc) is 2.88. The van der Waals surface area contributed by atoms with Crippen LogP contribution in [0.5, 0.6) is 0 Å². The summed E-state index contributed by atoms with van der Waals surface area (Å²) >= 11 is 0. The molecule has 1 atom stereocenters. The number of rotatable bonds is 5. The molecule has 2 amide bonds. The number of nitrogens with one attached hydrogen (secondary N) is 1. The molecule has 6 nitrogen and oxygen atoms in total. The first-order valence-corrected chi connectivity index (χ1v) is 8.96. The first kappa shape index (κ1) is 19.9. The summed E-state index contributed by atoms with van der Waals surface area (Å²) in [6, 6.07) is 5.29. The van der Waals surface area contributed by atoms with E-state index in [0.29, 0.717) is 24.9 Å². The monoisotopic (exact) mass is 360 g/mol. The first-order valence-electron chi connectivity index (χ1n) is 8.96. The highest BCUT2D eigenvalue weighted by Gasteiger charge is 2.36. The van der Waals surface area contributed by atoms with E-state index in [9.17, 15) is 14.4 Å². The number of Topliss-reactive ketones (excluding diaryl/α,β-unsaturated/α-hetero) is 1. The van der Waals surface area contributed by atoms with Crippen molar-refractivity contribution in [2.75, 3.05) is 13.1 Å². The van der Waals surface area contributed by atoms with Crippen LogP contribution in [0.4, 0.5) is 4.79 Å². The van der Waals surface area contributed by atoms with Crippen molar-refractivity contribution in [2.24, 2.45) is 0 Å². The number of nitrogens with zero attached hydrogens (tertiary/aromatic N) is 1. The fraction of sp³-hybridized carbons (Fsp3) is 0.550. The molecule has 0 aromatic heterocycles. The van der Waals surface area contributed by atoms with E-state index < -0.39 is 17.7 Å². The van der Waals surface area contributed by atoms with Crippen LogP contribution in [-0.2, 0) is 9.53 Å². The Kier molecular flexibility index (Phi) is 6.05. The van der Waals surface area contributed by atoms with Crippen LogP contribution in [0.15, 0.2) is 18.2 Å². The van der Waals surface area contributed by atoms with E-state index in [1.807, 2.05) is 32.0 Å². The third-order valence-electron chi connectivity index (χ3n) is 4.31. The third-order valence-corrected chi connectivity index (χ3v) is 4.31. The van der Waals surface area contributed by atoms with Crippen molar-refractivity contribution in [2.45, 2.75) is 59.1 Å². The van der Waals surface area contributed by atoms with E-state index in [-0.39, 0.29) is 18.2 Å². The van der Waals surface area contributed by atoms with Crippen LogP contribution in [-0.4, -0.2) is 47.4 Å². The molecule has 1 aromatic rings. The molecule has 1 aliphatic heterocycles. The highest BCUT2D eigenvalue weighted by Crippen LogP contribution is 2.24. The molecule has 1 saturated heterocycles. The third kappa shape index (κ3) is 5.07. The zero-order chi connectivity index (χ0) is 19.5. The zero-order valence-corrected chi connectivity index (χ0v) is 16.2. The second kappa shape index (κ2) is 7.89. The normalized spacial score (nSPS) is 17.3. The van der Waals surface area contributed by atoms with Gasteiger partial charge in [0, 0.05) is 25.1 Å². The van der Waals surface area contributed by atoms with E-state index >= 15 is 0 Å². The second-order valence-corrected chi connectivity index (χ2v) is 7.75. The summed E-state index contributed by atoms with van der Waals surface area (Å²) in [4.78, 5) is 38.5. The number of alkyl carbamates (subject to hydrolysis) is 1. The number of carbonyl (C=O) groups is 3. The van der Waals surface area contributed by atoms with Gasteiger partial charge in [-0.2, -0.15) is 0 Å². The minimum Gasteiger partial charge on any atom is -0.444 e.